The van der Waals surface area contributed by atoms with Gasteiger partial charge in [-0.05, 0) is 133 Å². The Kier molecular flexibility index (Phi) is 6.93. The van der Waals surface area contributed by atoms with E-state index >= 15 is 0 Å². The Bertz CT molecular complexity index is 3110. The molecule has 1 heterocycles. The molecule has 0 N–H and O–H groups in total. The molecule has 260 valence electrons. The summed E-state index contributed by atoms with van der Waals surface area (Å²) in [5, 5.41) is 7.20. The number of hydrogen-bond donors (Lipinski definition) is 0. The second kappa shape index (κ2) is 12.1. The summed E-state index contributed by atoms with van der Waals surface area (Å²) in [7, 11) is 0. The molecule has 1 aliphatic carbocycles. The van der Waals surface area contributed by atoms with Gasteiger partial charge in [-0.15, -0.1) is 0 Å². The lowest BCUT2D eigenvalue weighted by atomic mass is 9.82. The number of fused-ring (bicyclic) bond motifs is 8. The maximum Gasteiger partial charge on any atom is 0.136 e. The van der Waals surface area contributed by atoms with Crippen LogP contribution in [0.1, 0.15) is 25.0 Å². The second-order valence-electron chi connectivity index (χ2n) is 15.4. The molecule has 1 aromatic heterocycles. The lowest BCUT2D eigenvalue weighted by Crippen LogP contribution is -2.16. The molecule has 0 amide bonds. The fourth-order valence-electron chi connectivity index (χ4n) is 8.90. The van der Waals surface area contributed by atoms with Crippen molar-refractivity contribution >= 4 is 60.5 Å². The first-order valence-corrected chi connectivity index (χ1v) is 19.1. The molecule has 2 heteroatoms. The zero-order chi connectivity index (χ0) is 36.7. The van der Waals surface area contributed by atoms with Gasteiger partial charge in [0.1, 0.15) is 11.2 Å². The van der Waals surface area contributed by atoms with Crippen LogP contribution in [0.4, 0.5) is 17.1 Å². The van der Waals surface area contributed by atoms with Crippen molar-refractivity contribution in [1.29, 1.82) is 0 Å². The molecule has 9 aromatic carbocycles. The minimum Gasteiger partial charge on any atom is -0.456 e. The monoisotopic (exact) mass is 703 g/mol. The summed E-state index contributed by atoms with van der Waals surface area (Å²) in [6, 6.07) is 68.6. The van der Waals surface area contributed by atoms with Gasteiger partial charge in [-0.3, -0.25) is 0 Å². The van der Waals surface area contributed by atoms with Crippen LogP contribution in [0, 0.1) is 0 Å². The highest BCUT2D eigenvalue weighted by Crippen LogP contribution is 2.50. The van der Waals surface area contributed by atoms with E-state index in [9.17, 15) is 0 Å². The van der Waals surface area contributed by atoms with E-state index in [1.165, 1.54) is 60.5 Å². The molecule has 2 nitrogen and oxygen atoms in total. The average molecular weight is 704 g/mol. The van der Waals surface area contributed by atoms with E-state index in [2.05, 4.69) is 207 Å². The normalized spacial score (nSPS) is 13.1. The Hall–Kier alpha value is -6.90. The van der Waals surface area contributed by atoms with Crippen molar-refractivity contribution in [2.75, 3.05) is 4.90 Å². The van der Waals surface area contributed by atoms with E-state index in [1.54, 1.807) is 0 Å². The van der Waals surface area contributed by atoms with Gasteiger partial charge in [0.2, 0.25) is 0 Å². The topological polar surface area (TPSA) is 16.4 Å². The number of rotatable bonds is 5. The quantitative estimate of drug-likeness (QED) is 0.177. The minimum atomic E-state index is -0.0976. The van der Waals surface area contributed by atoms with Crippen molar-refractivity contribution in [3.63, 3.8) is 0 Å². The third kappa shape index (κ3) is 5.10. The van der Waals surface area contributed by atoms with E-state index in [0.717, 1.165) is 44.6 Å². The third-order valence-electron chi connectivity index (χ3n) is 11.8. The summed E-state index contributed by atoms with van der Waals surface area (Å²) in [6.07, 6.45) is 0. The van der Waals surface area contributed by atoms with Crippen LogP contribution < -0.4 is 4.90 Å². The van der Waals surface area contributed by atoms with Crippen molar-refractivity contribution in [2.45, 2.75) is 19.3 Å². The summed E-state index contributed by atoms with van der Waals surface area (Å²) in [5.41, 5.74) is 15.2. The minimum absolute atomic E-state index is 0.0976. The first-order chi connectivity index (χ1) is 27.0. The standard InChI is InChI=1S/C53H37NO/c1-53(2)49-14-8-7-13-45(49)46-27-26-44(33-50(46)53)54(42-22-17-35(18-23-42)40-16-15-34-9-3-4-10-37(34)29-40)43-24-19-36(20-25-43)41-21-28-51-47(31-41)48-30-38-11-5-6-12-39(38)32-52(48)55-51/h3-33H,1-2H3. The van der Waals surface area contributed by atoms with E-state index in [4.69, 9.17) is 4.42 Å². The third-order valence-corrected chi connectivity index (χ3v) is 11.8. The van der Waals surface area contributed by atoms with Gasteiger partial charge in [0.25, 0.3) is 0 Å². The summed E-state index contributed by atoms with van der Waals surface area (Å²) in [5.74, 6) is 0. The average Bonchev–Trinajstić information content (AvgIpc) is 3.70. The lowest BCUT2D eigenvalue weighted by molar-refractivity contribution is 0.660. The lowest BCUT2D eigenvalue weighted by Gasteiger charge is -2.28. The maximum atomic E-state index is 6.32. The van der Waals surface area contributed by atoms with Gasteiger partial charge in [-0.25, -0.2) is 0 Å². The van der Waals surface area contributed by atoms with Crippen molar-refractivity contribution < 1.29 is 4.42 Å². The molecule has 0 atom stereocenters. The number of furan rings is 1. The van der Waals surface area contributed by atoms with Crippen LogP contribution in [0.15, 0.2) is 192 Å². The Morgan fingerprint density at radius 1 is 0.364 bits per heavy atom. The van der Waals surface area contributed by atoms with Crippen LogP contribution in [0.25, 0.3) is 76.9 Å². The first kappa shape index (κ1) is 31.6. The van der Waals surface area contributed by atoms with Gasteiger partial charge in [0, 0.05) is 33.2 Å². The number of anilines is 3. The summed E-state index contributed by atoms with van der Waals surface area (Å²) < 4.78 is 6.32. The molecule has 0 unspecified atom stereocenters. The molecule has 0 radical (unpaired) electrons. The van der Waals surface area contributed by atoms with E-state index in [0.29, 0.717) is 0 Å². The molecule has 0 aliphatic heterocycles. The maximum absolute atomic E-state index is 6.32. The van der Waals surface area contributed by atoms with E-state index < -0.39 is 0 Å². The van der Waals surface area contributed by atoms with Gasteiger partial charge < -0.3 is 9.32 Å². The van der Waals surface area contributed by atoms with Gasteiger partial charge in [-0.2, -0.15) is 0 Å². The van der Waals surface area contributed by atoms with Gasteiger partial charge in [-0.1, -0.05) is 135 Å². The Morgan fingerprint density at radius 2 is 0.891 bits per heavy atom. The molecular formula is C53H37NO. The Morgan fingerprint density at radius 3 is 1.62 bits per heavy atom. The highest BCUT2D eigenvalue weighted by atomic mass is 16.3. The van der Waals surface area contributed by atoms with Crippen LogP contribution in [0.3, 0.4) is 0 Å². The predicted octanol–water partition coefficient (Wildman–Crippen LogP) is 15.0. The number of nitrogens with zero attached hydrogens (tertiary/aromatic N) is 1. The largest absolute Gasteiger partial charge is 0.456 e. The highest BCUT2D eigenvalue weighted by Gasteiger charge is 2.35. The first-order valence-electron chi connectivity index (χ1n) is 19.1. The van der Waals surface area contributed by atoms with Crippen LogP contribution in [0.5, 0.6) is 0 Å². The molecule has 11 rings (SSSR count). The van der Waals surface area contributed by atoms with E-state index in [-0.39, 0.29) is 5.41 Å². The van der Waals surface area contributed by atoms with Gasteiger partial charge >= 0.3 is 0 Å². The smallest absolute Gasteiger partial charge is 0.136 e. The van der Waals surface area contributed by atoms with E-state index in [1.807, 2.05) is 0 Å². The van der Waals surface area contributed by atoms with Crippen LogP contribution in [0.2, 0.25) is 0 Å². The number of hydrogen-bond acceptors (Lipinski definition) is 2. The molecule has 0 saturated heterocycles. The van der Waals surface area contributed by atoms with Crippen LogP contribution in [-0.4, -0.2) is 0 Å². The molecular weight excluding hydrogens is 667 g/mol. The van der Waals surface area contributed by atoms with Gasteiger partial charge in [0.05, 0.1) is 0 Å². The fourth-order valence-corrected chi connectivity index (χ4v) is 8.90. The van der Waals surface area contributed by atoms with Crippen molar-refractivity contribution in [3.8, 4) is 33.4 Å². The molecule has 0 spiro atoms. The van der Waals surface area contributed by atoms with Crippen molar-refractivity contribution in [2.24, 2.45) is 0 Å². The number of benzene rings is 9. The zero-order valence-corrected chi connectivity index (χ0v) is 30.8. The van der Waals surface area contributed by atoms with Crippen molar-refractivity contribution in [1.82, 2.24) is 0 Å². The fraction of sp³-hybridized carbons (Fsp3) is 0.0566. The zero-order valence-electron chi connectivity index (χ0n) is 30.8. The van der Waals surface area contributed by atoms with Gasteiger partial charge in [0.15, 0.2) is 0 Å². The molecule has 55 heavy (non-hydrogen) atoms. The molecule has 0 saturated carbocycles. The Labute approximate surface area is 320 Å². The van der Waals surface area contributed by atoms with Crippen LogP contribution >= 0.6 is 0 Å². The molecule has 10 aromatic rings. The SMILES string of the molecule is CC1(C)c2ccccc2-c2ccc(N(c3ccc(-c4ccc5ccccc5c4)cc3)c3ccc(-c4ccc5oc6cc7ccccc7cc6c5c4)cc3)cc21. The van der Waals surface area contributed by atoms with Crippen molar-refractivity contribution in [3.05, 3.63) is 199 Å². The molecule has 0 bridgehead atoms. The molecule has 0 fully saturated rings. The summed E-state index contributed by atoms with van der Waals surface area (Å²) >= 11 is 0. The Balaban J connectivity index is 1.00. The highest BCUT2D eigenvalue weighted by molar-refractivity contribution is 6.11. The predicted molar refractivity (Wildman–Crippen MR) is 232 cm³/mol. The second-order valence-corrected chi connectivity index (χ2v) is 15.4. The molecule has 1 aliphatic rings. The van der Waals surface area contributed by atoms with Crippen LogP contribution in [-0.2, 0) is 5.41 Å². The summed E-state index contributed by atoms with van der Waals surface area (Å²) in [4.78, 5) is 2.39. The summed E-state index contributed by atoms with van der Waals surface area (Å²) in [6.45, 7) is 4.70.